The average Bonchev–Trinajstić information content (AvgIpc) is 3.17. The molecule has 0 aliphatic carbocycles. The Bertz CT molecular complexity index is 1260. The number of hydrogen-bond donors (Lipinski definition) is 0. The molecule has 0 aliphatic rings. The second-order valence-electron chi connectivity index (χ2n) is 8.97. The number of aryl methyl sites for hydroxylation is 2. The van der Waals surface area contributed by atoms with Gasteiger partial charge in [0.05, 0.1) is 0 Å². The molecule has 0 aliphatic heterocycles. The lowest BCUT2D eigenvalue weighted by molar-refractivity contribution is 0.303. The number of ether oxygens (including phenoxy) is 1. The maximum Gasteiger partial charge on any atom is 0.122 e. The van der Waals surface area contributed by atoms with E-state index >= 15 is 0 Å². The van der Waals surface area contributed by atoms with E-state index in [4.69, 9.17) is 4.74 Å². The molecule has 33 heavy (non-hydrogen) atoms. The van der Waals surface area contributed by atoms with Gasteiger partial charge in [0.1, 0.15) is 12.4 Å². The van der Waals surface area contributed by atoms with E-state index in [-0.39, 0.29) is 5.41 Å². The average molecular weight is 438 g/mol. The predicted octanol–water partition coefficient (Wildman–Crippen LogP) is 8.20. The van der Waals surface area contributed by atoms with Crippen LogP contribution in [0.4, 0.5) is 0 Å². The van der Waals surface area contributed by atoms with Crippen LogP contribution in [0.25, 0.3) is 17.0 Å². The highest BCUT2D eigenvalue weighted by atomic mass is 16.5. The molecule has 0 spiro atoms. The molecule has 1 heterocycles. The van der Waals surface area contributed by atoms with Crippen LogP contribution in [0.15, 0.2) is 79.0 Å². The Kier molecular flexibility index (Phi) is 6.74. The van der Waals surface area contributed by atoms with E-state index in [0.29, 0.717) is 6.61 Å². The van der Waals surface area contributed by atoms with E-state index in [9.17, 15) is 0 Å². The minimum absolute atomic E-state index is 0.0374. The minimum Gasteiger partial charge on any atom is -0.489 e. The number of rotatable bonds is 8. The standard InChI is InChI=1S/C31H35NO/c1-6-12-24-15-17-27-28(21-32(5)29(27)20-24)31(7-2,8-3)26-16-18-30(23(4)19-26)33-22-25-13-10-9-11-14-25/h6,9-21H,7-8,22H2,1-5H3. The molecule has 0 saturated heterocycles. The number of fused-ring (bicyclic) bond motifs is 1. The molecule has 4 rings (SSSR count). The van der Waals surface area contributed by atoms with E-state index in [0.717, 1.165) is 18.6 Å². The monoisotopic (exact) mass is 437 g/mol. The lowest BCUT2D eigenvalue weighted by Gasteiger charge is -2.33. The number of hydrogen-bond acceptors (Lipinski definition) is 1. The van der Waals surface area contributed by atoms with Crippen molar-refractivity contribution in [2.24, 2.45) is 7.05 Å². The van der Waals surface area contributed by atoms with Crippen molar-refractivity contribution < 1.29 is 4.74 Å². The smallest absolute Gasteiger partial charge is 0.122 e. The van der Waals surface area contributed by atoms with Crippen molar-refractivity contribution in [3.05, 3.63) is 107 Å². The summed E-state index contributed by atoms with van der Waals surface area (Å²) in [6.07, 6.45) is 8.69. The van der Waals surface area contributed by atoms with E-state index < -0.39 is 0 Å². The molecule has 0 atom stereocenters. The van der Waals surface area contributed by atoms with Gasteiger partial charge < -0.3 is 9.30 Å². The Balaban J connectivity index is 1.73. The van der Waals surface area contributed by atoms with Gasteiger partial charge in [0.25, 0.3) is 0 Å². The zero-order chi connectivity index (χ0) is 23.4. The zero-order valence-corrected chi connectivity index (χ0v) is 20.6. The highest BCUT2D eigenvalue weighted by Gasteiger charge is 2.34. The first kappa shape index (κ1) is 22.9. The molecular weight excluding hydrogens is 402 g/mol. The van der Waals surface area contributed by atoms with Crippen molar-refractivity contribution in [1.29, 1.82) is 0 Å². The second kappa shape index (κ2) is 9.70. The van der Waals surface area contributed by atoms with Gasteiger partial charge in [0.2, 0.25) is 0 Å². The maximum atomic E-state index is 6.16. The third kappa shape index (κ3) is 4.35. The van der Waals surface area contributed by atoms with Crippen molar-refractivity contribution in [2.75, 3.05) is 0 Å². The summed E-state index contributed by atoms with van der Waals surface area (Å²) in [6, 6.07) is 23.9. The summed E-state index contributed by atoms with van der Waals surface area (Å²) in [6.45, 7) is 9.44. The summed E-state index contributed by atoms with van der Waals surface area (Å²) in [4.78, 5) is 0. The number of benzene rings is 3. The first-order valence-electron chi connectivity index (χ1n) is 12.0. The van der Waals surface area contributed by atoms with E-state index in [1.54, 1.807) is 0 Å². The van der Waals surface area contributed by atoms with Crippen LogP contribution < -0.4 is 4.74 Å². The number of aromatic nitrogens is 1. The molecule has 3 aromatic carbocycles. The third-order valence-electron chi connectivity index (χ3n) is 7.06. The predicted molar refractivity (Wildman–Crippen MR) is 141 cm³/mol. The maximum absolute atomic E-state index is 6.16. The summed E-state index contributed by atoms with van der Waals surface area (Å²) >= 11 is 0. The lowest BCUT2D eigenvalue weighted by atomic mass is 9.70. The topological polar surface area (TPSA) is 14.2 Å². The fourth-order valence-electron chi connectivity index (χ4n) is 5.12. The van der Waals surface area contributed by atoms with Gasteiger partial charge in [0.15, 0.2) is 0 Å². The molecule has 0 fully saturated rings. The third-order valence-corrected chi connectivity index (χ3v) is 7.06. The summed E-state index contributed by atoms with van der Waals surface area (Å²) < 4.78 is 8.44. The van der Waals surface area contributed by atoms with E-state index in [1.807, 2.05) is 6.07 Å². The second-order valence-corrected chi connectivity index (χ2v) is 8.97. The first-order valence-corrected chi connectivity index (χ1v) is 12.0. The number of nitrogens with zero attached hydrogens (tertiary/aromatic N) is 1. The minimum atomic E-state index is -0.0374. The van der Waals surface area contributed by atoms with Gasteiger partial charge in [0, 0.05) is 29.6 Å². The Morgan fingerprint density at radius 3 is 2.36 bits per heavy atom. The fraction of sp³-hybridized carbons (Fsp3) is 0.290. The van der Waals surface area contributed by atoms with Crippen LogP contribution in [-0.4, -0.2) is 4.57 Å². The molecule has 0 saturated carbocycles. The Morgan fingerprint density at radius 2 is 1.70 bits per heavy atom. The van der Waals surface area contributed by atoms with Crippen LogP contribution in [0.1, 0.15) is 61.4 Å². The van der Waals surface area contributed by atoms with Crippen LogP contribution in [0.5, 0.6) is 5.75 Å². The van der Waals surface area contributed by atoms with Crippen LogP contribution in [0, 0.1) is 6.92 Å². The highest BCUT2D eigenvalue weighted by molar-refractivity contribution is 5.87. The summed E-state index contributed by atoms with van der Waals surface area (Å²) in [5, 5.41) is 1.34. The SMILES string of the molecule is CC=Cc1ccc2c(C(CC)(CC)c3ccc(OCc4ccccc4)c(C)c3)cn(C)c2c1. The molecule has 2 nitrogen and oxygen atoms in total. The molecule has 1 aromatic heterocycles. The van der Waals surface area contributed by atoms with Crippen molar-refractivity contribution in [3.8, 4) is 5.75 Å². The largest absolute Gasteiger partial charge is 0.489 e. The van der Waals surface area contributed by atoms with Crippen molar-refractivity contribution >= 4 is 17.0 Å². The van der Waals surface area contributed by atoms with Crippen molar-refractivity contribution in [2.45, 2.75) is 52.6 Å². The zero-order valence-electron chi connectivity index (χ0n) is 20.6. The Morgan fingerprint density at radius 1 is 0.939 bits per heavy atom. The molecule has 0 unspecified atom stereocenters. The van der Waals surface area contributed by atoms with Gasteiger partial charge in [-0.05, 0) is 66.6 Å². The van der Waals surface area contributed by atoms with E-state index in [2.05, 4.69) is 118 Å². The molecule has 0 amide bonds. The van der Waals surface area contributed by atoms with Crippen LogP contribution in [-0.2, 0) is 19.1 Å². The van der Waals surface area contributed by atoms with Crippen LogP contribution >= 0.6 is 0 Å². The Labute approximate surface area is 198 Å². The van der Waals surface area contributed by atoms with Gasteiger partial charge in [-0.1, -0.05) is 80.6 Å². The molecule has 2 heteroatoms. The van der Waals surface area contributed by atoms with Crippen LogP contribution in [0.2, 0.25) is 0 Å². The van der Waals surface area contributed by atoms with E-state index in [1.165, 1.54) is 38.7 Å². The highest BCUT2D eigenvalue weighted by Crippen LogP contribution is 2.44. The normalized spacial score (nSPS) is 12.0. The van der Waals surface area contributed by atoms with Gasteiger partial charge in [-0.2, -0.15) is 0 Å². The molecule has 0 radical (unpaired) electrons. The number of allylic oxidation sites excluding steroid dienone is 1. The summed E-state index contributed by atoms with van der Waals surface area (Å²) in [7, 11) is 2.16. The van der Waals surface area contributed by atoms with Gasteiger partial charge in [-0.25, -0.2) is 0 Å². The molecular formula is C31H35NO. The molecule has 0 bridgehead atoms. The first-order chi connectivity index (χ1) is 16.0. The fourth-order valence-corrected chi connectivity index (χ4v) is 5.12. The van der Waals surface area contributed by atoms with Gasteiger partial charge >= 0.3 is 0 Å². The Hall–Kier alpha value is -3.26. The lowest BCUT2D eigenvalue weighted by Crippen LogP contribution is -2.26. The van der Waals surface area contributed by atoms with Gasteiger partial charge in [-0.3, -0.25) is 0 Å². The summed E-state index contributed by atoms with van der Waals surface area (Å²) in [5.74, 6) is 0.956. The van der Waals surface area contributed by atoms with Gasteiger partial charge in [-0.15, -0.1) is 0 Å². The molecule has 4 aromatic rings. The summed E-state index contributed by atoms with van der Waals surface area (Å²) in [5.41, 5.74) is 7.63. The molecule has 0 N–H and O–H groups in total. The van der Waals surface area contributed by atoms with Crippen molar-refractivity contribution in [1.82, 2.24) is 4.57 Å². The quantitative estimate of drug-likeness (QED) is 0.271. The van der Waals surface area contributed by atoms with Crippen molar-refractivity contribution in [3.63, 3.8) is 0 Å². The van der Waals surface area contributed by atoms with Crippen LogP contribution in [0.3, 0.4) is 0 Å². The molecule has 170 valence electrons.